The van der Waals surface area contributed by atoms with Crippen molar-refractivity contribution in [1.82, 2.24) is 5.32 Å². The van der Waals surface area contributed by atoms with E-state index in [1.54, 1.807) is 30.3 Å². The second-order valence-electron chi connectivity index (χ2n) is 8.17. The largest absolute Gasteiger partial charge is 0.489 e. The number of carboxylic acids is 1. The van der Waals surface area contributed by atoms with Crippen molar-refractivity contribution < 1.29 is 24.2 Å². The van der Waals surface area contributed by atoms with Crippen LogP contribution in [0.5, 0.6) is 5.75 Å². The van der Waals surface area contributed by atoms with E-state index in [1.807, 2.05) is 13.0 Å². The van der Waals surface area contributed by atoms with E-state index in [1.165, 1.54) is 0 Å². The van der Waals surface area contributed by atoms with Crippen LogP contribution < -0.4 is 15.8 Å². The number of nitrogens with one attached hydrogen (secondary N) is 1. The summed E-state index contributed by atoms with van der Waals surface area (Å²) in [5.41, 5.74) is 6.80. The van der Waals surface area contributed by atoms with Crippen LogP contribution in [0.4, 0.5) is 0 Å². The number of carboxylic acid groups (broad SMARTS) is 1. The zero-order valence-corrected chi connectivity index (χ0v) is 16.7. The van der Waals surface area contributed by atoms with Gasteiger partial charge in [-0.2, -0.15) is 0 Å². The number of primary amides is 1. The summed E-state index contributed by atoms with van der Waals surface area (Å²) in [6, 6.07) is 10.2. The van der Waals surface area contributed by atoms with Crippen molar-refractivity contribution in [2.45, 2.75) is 50.7 Å². The maximum atomic E-state index is 13.2. The van der Waals surface area contributed by atoms with Crippen LogP contribution in [-0.2, 0) is 17.6 Å². The molecule has 2 aromatic carbocycles. The molecule has 0 radical (unpaired) electrons. The summed E-state index contributed by atoms with van der Waals surface area (Å²) in [6.07, 6.45) is 3.31. The number of hydrogen-bond donors (Lipinski definition) is 3. The number of aliphatic carboxylic acids is 1. The van der Waals surface area contributed by atoms with Crippen molar-refractivity contribution in [2.75, 3.05) is 0 Å². The van der Waals surface area contributed by atoms with Crippen LogP contribution in [0.1, 0.15) is 56.7 Å². The van der Waals surface area contributed by atoms with Gasteiger partial charge in [-0.1, -0.05) is 18.2 Å². The second-order valence-corrected chi connectivity index (χ2v) is 8.17. The van der Waals surface area contributed by atoms with Gasteiger partial charge in [-0.05, 0) is 61.1 Å². The molecule has 2 aliphatic rings. The molecular weight excluding hydrogens is 384 g/mol. The van der Waals surface area contributed by atoms with Gasteiger partial charge in [0.2, 0.25) is 5.91 Å². The quantitative estimate of drug-likeness (QED) is 0.678. The van der Waals surface area contributed by atoms with Crippen molar-refractivity contribution in [2.24, 2.45) is 5.73 Å². The van der Waals surface area contributed by atoms with Gasteiger partial charge in [0.25, 0.3) is 5.91 Å². The summed E-state index contributed by atoms with van der Waals surface area (Å²) >= 11 is 0. The number of carbonyl (C=O) groups excluding carboxylic acids is 2. The molecule has 156 valence electrons. The fourth-order valence-corrected chi connectivity index (χ4v) is 4.05. The standard InChI is InChI=1S/C23H24N2O5/c1-13-4-2-7-18(19(13)30-17-5-3-6-17)21(27)25-23(22(28)29)11-15-9-8-14(20(24)26)10-16(15)12-23/h2,4,7-10,17H,3,5-6,11-12H2,1H3,(H2,24,26)(H,25,27)(H,28,29). The van der Waals surface area contributed by atoms with E-state index < -0.39 is 23.3 Å². The summed E-state index contributed by atoms with van der Waals surface area (Å²) in [7, 11) is 0. The van der Waals surface area contributed by atoms with E-state index in [4.69, 9.17) is 10.5 Å². The Morgan fingerprint density at radius 2 is 1.87 bits per heavy atom. The van der Waals surface area contributed by atoms with E-state index >= 15 is 0 Å². The summed E-state index contributed by atoms with van der Waals surface area (Å²) in [5, 5.41) is 12.7. The van der Waals surface area contributed by atoms with E-state index in [0.717, 1.165) is 30.4 Å². The molecule has 0 heterocycles. The molecule has 30 heavy (non-hydrogen) atoms. The highest BCUT2D eigenvalue weighted by atomic mass is 16.5. The summed E-state index contributed by atoms with van der Waals surface area (Å²) in [5.74, 6) is -1.68. The smallest absolute Gasteiger partial charge is 0.330 e. The first-order valence-electron chi connectivity index (χ1n) is 10.0. The molecular formula is C23H24N2O5. The van der Waals surface area contributed by atoms with E-state index in [9.17, 15) is 19.5 Å². The van der Waals surface area contributed by atoms with Crippen LogP contribution in [-0.4, -0.2) is 34.5 Å². The van der Waals surface area contributed by atoms with Crippen molar-refractivity contribution in [3.8, 4) is 5.75 Å². The Kier molecular flexibility index (Phi) is 4.97. The Morgan fingerprint density at radius 3 is 2.50 bits per heavy atom. The van der Waals surface area contributed by atoms with Crippen molar-refractivity contribution in [3.63, 3.8) is 0 Å². The summed E-state index contributed by atoms with van der Waals surface area (Å²) in [6.45, 7) is 1.87. The molecule has 0 bridgehead atoms. The molecule has 0 saturated heterocycles. The number of rotatable bonds is 6. The van der Waals surface area contributed by atoms with Crippen LogP contribution >= 0.6 is 0 Å². The molecule has 2 aromatic rings. The fraction of sp³-hybridized carbons (Fsp3) is 0.348. The molecule has 7 heteroatoms. The van der Waals surface area contributed by atoms with Gasteiger partial charge in [-0.15, -0.1) is 0 Å². The topological polar surface area (TPSA) is 119 Å². The molecule has 1 unspecified atom stereocenters. The van der Waals surface area contributed by atoms with Gasteiger partial charge in [0, 0.05) is 18.4 Å². The molecule has 0 aliphatic heterocycles. The summed E-state index contributed by atoms with van der Waals surface area (Å²) < 4.78 is 6.04. The highest BCUT2D eigenvalue weighted by molar-refractivity contribution is 6.01. The van der Waals surface area contributed by atoms with Crippen molar-refractivity contribution >= 4 is 17.8 Å². The molecule has 1 fully saturated rings. The minimum Gasteiger partial charge on any atom is -0.489 e. The zero-order chi connectivity index (χ0) is 21.5. The predicted octanol–water partition coefficient (Wildman–Crippen LogP) is 2.38. The highest BCUT2D eigenvalue weighted by Gasteiger charge is 2.46. The molecule has 0 aromatic heterocycles. The van der Waals surface area contributed by atoms with Gasteiger partial charge in [0.05, 0.1) is 11.7 Å². The molecule has 0 spiro atoms. The first-order chi connectivity index (χ1) is 14.3. The number of ether oxygens (including phenoxy) is 1. The number of hydrogen-bond acceptors (Lipinski definition) is 4. The van der Waals surface area contributed by atoms with Crippen molar-refractivity contribution in [1.29, 1.82) is 0 Å². The van der Waals surface area contributed by atoms with Crippen LogP contribution in [0.3, 0.4) is 0 Å². The maximum absolute atomic E-state index is 13.2. The predicted molar refractivity (Wildman–Crippen MR) is 110 cm³/mol. The Morgan fingerprint density at radius 1 is 1.13 bits per heavy atom. The first kappa shape index (κ1) is 19.9. The number of benzene rings is 2. The lowest BCUT2D eigenvalue weighted by molar-refractivity contribution is -0.144. The molecule has 7 nitrogen and oxygen atoms in total. The average molecular weight is 408 g/mol. The van der Waals surface area contributed by atoms with Gasteiger partial charge in [0.1, 0.15) is 11.3 Å². The van der Waals surface area contributed by atoms with Gasteiger partial charge in [-0.3, -0.25) is 9.59 Å². The molecule has 2 aliphatic carbocycles. The average Bonchev–Trinajstić information content (AvgIpc) is 3.03. The number of para-hydroxylation sites is 1. The minimum absolute atomic E-state index is 0.0785. The minimum atomic E-state index is -1.49. The van der Waals surface area contributed by atoms with E-state index in [0.29, 0.717) is 22.4 Å². The van der Waals surface area contributed by atoms with Crippen LogP contribution in [0.25, 0.3) is 0 Å². The third kappa shape index (κ3) is 3.51. The molecule has 1 saturated carbocycles. The maximum Gasteiger partial charge on any atom is 0.330 e. The molecule has 2 amide bonds. The van der Waals surface area contributed by atoms with Gasteiger partial charge in [-0.25, -0.2) is 4.79 Å². The Balaban J connectivity index is 1.62. The van der Waals surface area contributed by atoms with Crippen LogP contribution in [0.2, 0.25) is 0 Å². The SMILES string of the molecule is Cc1cccc(C(=O)NC2(C(=O)O)Cc3ccc(C(N)=O)cc3C2)c1OC1CCC1. The van der Waals surface area contributed by atoms with Gasteiger partial charge < -0.3 is 20.9 Å². The van der Waals surface area contributed by atoms with Gasteiger partial charge in [0.15, 0.2) is 0 Å². The number of nitrogens with two attached hydrogens (primary N) is 1. The van der Waals surface area contributed by atoms with Crippen LogP contribution in [0.15, 0.2) is 36.4 Å². The molecule has 1 atom stereocenters. The molecule has 4 N–H and O–H groups in total. The van der Waals surface area contributed by atoms with E-state index in [-0.39, 0.29) is 18.9 Å². The van der Waals surface area contributed by atoms with Crippen LogP contribution in [0, 0.1) is 6.92 Å². The lowest BCUT2D eigenvalue weighted by atomic mass is 9.94. The number of carbonyl (C=O) groups is 3. The van der Waals surface area contributed by atoms with Gasteiger partial charge >= 0.3 is 5.97 Å². The molecule has 4 rings (SSSR count). The fourth-order valence-electron chi connectivity index (χ4n) is 4.05. The Bertz CT molecular complexity index is 1040. The number of fused-ring (bicyclic) bond motifs is 1. The van der Waals surface area contributed by atoms with E-state index in [2.05, 4.69) is 5.32 Å². The first-order valence-corrected chi connectivity index (χ1v) is 10.0. The third-order valence-electron chi connectivity index (χ3n) is 6.03. The third-order valence-corrected chi connectivity index (χ3v) is 6.03. The summed E-state index contributed by atoms with van der Waals surface area (Å²) in [4.78, 5) is 36.9. The number of aryl methyl sites for hydroxylation is 1. The normalized spacial score (nSPS) is 20.2. The lowest BCUT2D eigenvalue weighted by Gasteiger charge is -2.29. The Labute approximate surface area is 174 Å². The number of amides is 2. The zero-order valence-electron chi connectivity index (χ0n) is 16.7. The Hall–Kier alpha value is -3.35. The van der Waals surface area contributed by atoms with Crippen molar-refractivity contribution in [3.05, 3.63) is 64.2 Å². The second kappa shape index (κ2) is 7.48. The monoisotopic (exact) mass is 408 g/mol. The highest BCUT2D eigenvalue weighted by Crippen LogP contribution is 2.34. The lowest BCUT2D eigenvalue weighted by Crippen LogP contribution is -2.55.